The SMILES string of the molecule is C[C@@H](NC(=O)c1ccc(Cl)cc1)c1nnc(SCC(=O)Nc2ccc([N+](=O)[O-])cc2)n1C. The molecule has 0 aliphatic heterocycles. The molecule has 3 aromatic rings. The molecule has 0 aliphatic carbocycles. The Balaban J connectivity index is 1.55. The molecule has 0 spiro atoms. The molecule has 0 aliphatic rings. The minimum absolute atomic E-state index is 0.0544. The first-order valence-electron chi connectivity index (χ1n) is 9.37. The first-order valence-corrected chi connectivity index (χ1v) is 10.7. The number of halogens is 1. The summed E-state index contributed by atoms with van der Waals surface area (Å²) in [5.41, 5.74) is 0.876. The van der Waals surface area contributed by atoms with E-state index in [0.29, 0.717) is 27.3 Å². The molecule has 12 heteroatoms. The minimum Gasteiger partial charge on any atom is -0.342 e. The first-order chi connectivity index (χ1) is 15.2. The number of hydrogen-bond acceptors (Lipinski definition) is 7. The van der Waals surface area contributed by atoms with Crippen LogP contribution in [-0.4, -0.2) is 37.3 Å². The van der Waals surface area contributed by atoms with Gasteiger partial charge in [-0.3, -0.25) is 19.7 Å². The maximum absolute atomic E-state index is 12.4. The topological polar surface area (TPSA) is 132 Å². The van der Waals surface area contributed by atoms with Crippen LogP contribution in [0.3, 0.4) is 0 Å². The van der Waals surface area contributed by atoms with Gasteiger partial charge in [0.25, 0.3) is 11.6 Å². The summed E-state index contributed by atoms with van der Waals surface area (Å²) < 4.78 is 1.70. The van der Waals surface area contributed by atoms with Crippen LogP contribution in [0, 0.1) is 10.1 Å². The molecule has 3 rings (SSSR count). The number of thioether (sulfide) groups is 1. The van der Waals surface area contributed by atoms with E-state index in [2.05, 4.69) is 20.8 Å². The van der Waals surface area contributed by atoms with Crippen molar-refractivity contribution in [1.29, 1.82) is 0 Å². The lowest BCUT2D eigenvalue weighted by atomic mass is 10.2. The third kappa shape index (κ3) is 5.83. The second-order valence-electron chi connectivity index (χ2n) is 6.74. The van der Waals surface area contributed by atoms with Gasteiger partial charge in [0.2, 0.25) is 5.91 Å². The van der Waals surface area contributed by atoms with Gasteiger partial charge in [0.15, 0.2) is 11.0 Å². The van der Waals surface area contributed by atoms with Crippen molar-refractivity contribution < 1.29 is 14.5 Å². The standard InChI is InChI=1S/C20H19ClN6O4S/c1-12(22-19(29)13-3-5-14(21)6-4-13)18-24-25-20(26(18)2)32-11-17(28)23-15-7-9-16(10-8-15)27(30)31/h3-10,12H,11H2,1-2H3,(H,22,29)(H,23,28)/t12-/m1/s1. The number of amides is 2. The number of nitro benzene ring substituents is 1. The number of nitrogens with one attached hydrogen (secondary N) is 2. The van der Waals surface area contributed by atoms with Crippen molar-refractivity contribution in [2.45, 2.75) is 18.1 Å². The molecule has 1 atom stereocenters. The molecule has 2 amide bonds. The molecule has 32 heavy (non-hydrogen) atoms. The van der Waals surface area contributed by atoms with Gasteiger partial charge in [-0.2, -0.15) is 0 Å². The van der Waals surface area contributed by atoms with E-state index < -0.39 is 11.0 Å². The number of nitro groups is 1. The fourth-order valence-electron chi connectivity index (χ4n) is 2.77. The highest BCUT2D eigenvalue weighted by molar-refractivity contribution is 7.99. The number of aromatic nitrogens is 3. The molecule has 0 fully saturated rings. The van der Waals surface area contributed by atoms with Crippen LogP contribution < -0.4 is 10.6 Å². The maximum atomic E-state index is 12.4. The highest BCUT2D eigenvalue weighted by atomic mass is 35.5. The van der Waals surface area contributed by atoms with Gasteiger partial charge in [0, 0.05) is 35.5 Å². The second kappa shape index (κ2) is 10.2. The van der Waals surface area contributed by atoms with Gasteiger partial charge in [0.1, 0.15) is 0 Å². The van der Waals surface area contributed by atoms with Gasteiger partial charge in [-0.25, -0.2) is 0 Å². The van der Waals surface area contributed by atoms with E-state index in [9.17, 15) is 19.7 Å². The van der Waals surface area contributed by atoms with Gasteiger partial charge in [-0.05, 0) is 43.3 Å². The molecule has 1 aromatic heterocycles. The Labute approximate surface area is 192 Å². The summed E-state index contributed by atoms with van der Waals surface area (Å²) in [5.74, 6) is 0.0333. The lowest BCUT2D eigenvalue weighted by Crippen LogP contribution is -2.28. The predicted octanol–water partition coefficient (Wildman–Crippen LogP) is 3.60. The monoisotopic (exact) mass is 474 g/mol. The number of benzene rings is 2. The van der Waals surface area contributed by atoms with Crippen LogP contribution in [-0.2, 0) is 11.8 Å². The van der Waals surface area contributed by atoms with E-state index in [1.54, 1.807) is 42.8 Å². The molecule has 0 unspecified atom stereocenters. The van der Waals surface area contributed by atoms with Gasteiger partial charge < -0.3 is 15.2 Å². The fourth-order valence-corrected chi connectivity index (χ4v) is 3.61. The molecule has 0 bridgehead atoms. The average Bonchev–Trinajstić information content (AvgIpc) is 3.13. The third-order valence-corrected chi connectivity index (χ3v) is 5.68. The Hall–Kier alpha value is -3.44. The number of nitrogens with zero attached hydrogens (tertiary/aromatic N) is 4. The van der Waals surface area contributed by atoms with Crippen LogP contribution in [0.25, 0.3) is 0 Å². The highest BCUT2D eigenvalue weighted by Crippen LogP contribution is 2.21. The summed E-state index contributed by atoms with van der Waals surface area (Å²) in [6.45, 7) is 1.79. The molecular formula is C20H19ClN6O4S. The molecular weight excluding hydrogens is 456 g/mol. The molecule has 1 heterocycles. The van der Waals surface area contributed by atoms with Gasteiger partial charge >= 0.3 is 0 Å². The van der Waals surface area contributed by atoms with Crippen molar-refractivity contribution in [1.82, 2.24) is 20.1 Å². The summed E-state index contributed by atoms with van der Waals surface area (Å²) in [7, 11) is 1.75. The highest BCUT2D eigenvalue weighted by Gasteiger charge is 2.19. The van der Waals surface area contributed by atoms with Crippen LogP contribution in [0.1, 0.15) is 29.1 Å². The molecule has 2 N–H and O–H groups in total. The number of carbonyl (C=O) groups excluding carboxylic acids is 2. The van der Waals surface area contributed by atoms with Crippen LogP contribution in [0.15, 0.2) is 53.7 Å². The minimum atomic E-state index is -0.508. The predicted molar refractivity (Wildman–Crippen MR) is 121 cm³/mol. The fraction of sp³-hybridized carbons (Fsp3) is 0.200. The van der Waals surface area contributed by atoms with E-state index in [4.69, 9.17) is 11.6 Å². The Bertz CT molecular complexity index is 1130. The largest absolute Gasteiger partial charge is 0.342 e. The van der Waals surface area contributed by atoms with Crippen molar-refractivity contribution >= 4 is 46.6 Å². The second-order valence-corrected chi connectivity index (χ2v) is 8.12. The Morgan fingerprint density at radius 1 is 1.16 bits per heavy atom. The maximum Gasteiger partial charge on any atom is 0.269 e. The van der Waals surface area contributed by atoms with Gasteiger partial charge in [-0.15, -0.1) is 10.2 Å². The van der Waals surface area contributed by atoms with Crippen molar-refractivity contribution in [3.05, 3.63) is 75.1 Å². The van der Waals surface area contributed by atoms with Crippen molar-refractivity contribution in [2.75, 3.05) is 11.1 Å². The molecule has 2 aromatic carbocycles. The lowest BCUT2D eigenvalue weighted by Gasteiger charge is -2.13. The number of carbonyl (C=O) groups is 2. The zero-order chi connectivity index (χ0) is 23.3. The summed E-state index contributed by atoms with van der Waals surface area (Å²) in [6, 6.07) is 11.7. The molecule has 0 saturated heterocycles. The average molecular weight is 475 g/mol. The molecule has 0 saturated carbocycles. The molecule has 0 radical (unpaired) electrons. The van der Waals surface area contributed by atoms with Crippen LogP contribution in [0.2, 0.25) is 5.02 Å². The van der Waals surface area contributed by atoms with Crippen molar-refractivity contribution in [3.63, 3.8) is 0 Å². The van der Waals surface area contributed by atoms with Gasteiger partial charge in [-0.1, -0.05) is 23.4 Å². The Morgan fingerprint density at radius 3 is 2.44 bits per heavy atom. The van der Waals surface area contributed by atoms with Gasteiger partial charge in [0.05, 0.1) is 16.7 Å². The van der Waals surface area contributed by atoms with E-state index in [1.165, 1.54) is 36.0 Å². The Kier molecular flexibility index (Phi) is 7.44. The smallest absolute Gasteiger partial charge is 0.269 e. The zero-order valence-electron chi connectivity index (χ0n) is 17.1. The van der Waals surface area contributed by atoms with Crippen molar-refractivity contribution in [2.24, 2.45) is 7.05 Å². The summed E-state index contributed by atoms with van der Waals surface area (Å²) >= 11 is 7.03. The van der Waals surface area contributed by atoms with E-state index in [0.717, 1.165) is 0 Å². The number of hydrogen-bond donors (Lipinski definition) is 2. The first kappa shape index (κ1) is 23.2. The quantitative estimate of drug-likeness (QED) is 0.289. The summed E-state index contributed by atoms with van der Waals surface area (Å²) in [6.07, 6.45) is 0. The Morgan fingerprint density at radius 2 is 1.81 bits per heavy atom. The lowest BCUT2D eigenvalue weighted by molar-refractivity contribution is -0.384. The van der Waals surface area contributed by atoms with E-state index in [-0.39, 0.29) is 23.3 Å². The summed E-state index contributed by atoms with van der Waals surface area (Å²) in [4.78, 5) is 34.8. The third-order valence-electron chi connectivity index (χ3n) is 4.40. The van der Waals surface area contributed by atoms with Crippen molar-refractivity contribution in [3.8, 4) is 0 Å². The molecule has 10 nitrogen and oxygen atoms in total. The number of non-ortho nitro benzene ring substituents is 1. The number of rotatable bonds is 8. The van der Waals surface area contributed by atoms with E-state index in [1.807, 2.05) is 0 Å². The van der Waals surface area contributed by atoms with Crippen LogP contribution >= 0.6 is 23.4 Å². The number of anilines is 1. The van der Waals surface area contributed by atoms with Crippen LogP contribution in [0.5, 0.6) is 0 Å². The summed E-state index contributed by atoms with van der Waals surface area (Å²) in [5, 5.41) is 25.5. The normalized spacial score (nSPS) is 11.6. The van der Waals surface area contributed by atoms with Crippen LogP contribution in [0.4, 0.5) is 11.4 Å². The zero-order valence-corrected chi connectivity index (χ0v) is 18.7. The van der Waals surface area contributed by atoms with E-state index >= 15 is 0 Å². The molecule has 166 valence electrons.